The number of benzene rings is 2. The SMILES string of the molecule is O=C(Nc1ccc(-c2cc3c(cc2Br)OCO3)cc1)c1ccncc1F. The Labute approximate surface area is 156 Å². The van der Waals surface area contributed by atoms with Gasteiger partial charge in [0.15, 0.2) is 17.3 Å². The van der Waals surface area contributed by atoms with E-state index in [1.54, 1.807) is 12.1 Å². The molecule has 130 valence electrons. The van der Waals surface area contributed by atoms with Gasteiger partial charge in [0, 0.05) is 16.4 Å². The Balaban J connectivity index is 1.56. The standard InChI is InChI=1S/C19H12BrFN2O3/c20-15-8-18-17(25-10-26-18)7-14(15)11-1-3-12(4-2-11)23-19(24)13-5-6-22-9-16(13)21/h1-9H,10H2,(H,23,24). The molecule has 1 aliphatic heterocycles. The van der Waals surface area contributed by atoms with Crippen molar-refractivity contribution in [2.75, 3.05) is 12.1 Å². The predicted molar refractivity (Wildman–Crippen MR) is 97.8 cm³/mol. The molecular formula is C19H12BrFN2O3. The van der Waals surface area contributed by atoms with Gasteiger partial charge in [0.05, 0.1) is 11.8 Å². The van der Waals surface area contributed by atoms with Gasteiger partial charge in [0.1, 0.15) is 0 Å². The van der Waals surface area contributed by atoms with Crippen LogP contribution in [0.1, 0.15) is 10.4 Å². The lowest BCUT2D eigenvalue weighted by Crippen LogP contribution is -2.13. The molecule has 1 amide bonds. The summed E-state index contributed by atoms with van der Waals surface area (Å²) in [6.45, 7) is 0.210. The van der Waals surface area contributed by atoms with E-state index in [4.69, 9.17) is 9.47 Å². The molecule has 2 aromatic carbocycles. The maximum absolute atomic E-state index is 13.6. The van der Waals surface area contributed by atoms with Crippen molar-refractivity contribution < 1.29 is 18.7 Å². The van der Waals surface area contributed by atoms with Gasteiger partial charge in [-0.25, -0.2) is 4.39 Å². The molecule has 26 heavy (non-hydrogen) atoms. The summed E-state index contributed by atoms with van der Waals surface area (Å²) >= 11 is 3.53. The van der Waals surface area contributed by atoms with Gasteiger partial charge in [-0.15, -0.1) is 0 Å². The molecule has 0 radical (unpaired) electrons. The fourth-order valence-electron chi connectivity index (χ4n) is 2.63. The highest BCUT2D eigenvalue weighted by Crippen LogP contribution is 2.41. The molecule has 3 aromatic rings. The van der Waals surface area contributed by atoms with Gasteiger partial charge in [0.2, 0.25) is 6.79 Å². The zero-order chi connectivity index (χ0) is 18.1. The number of pyridine rings is 1. The van der Waals surface area contributed by atoms with Crippen molar-refractivity contribution >= 4 is 27.5 Å². The fraction of sp³-hybridized carbons (Fsp3) is 0.0526. The van der Waals surface area contributed by atoms with Gasteiger partial charge in [-0.3, -0.25) is 9.78 Å². The molecule has 1 N–H and O–H groups in total. The van der Waals surface area contributed by atoms with E-state index in [-0.39, 0.29) is 12.4 Å². The molecule has 0 saturated heterocycles. The summed E-state index contributed by atoms with van der Waals surface area (Å²) in [6, 6.07) is 12.3. The van der Waals surface area contributed by atoms with Crippen LogP contribution in [-0.2, 0) is 0 Å². The number of anilines is 1. The van der Waals surface area contributed by atoms with Crippen molar-refractivity contribution in [2.24, 2.45) is 0 Å². The number of aromatic nitrogens is 1. The van der Waals surface area contributed by atoms with Gasteiger partial charge in [0.25, 0.3) is 5.91 Å². The molecule has 0 spiro atoms. The molecule has 0 bridgehead atoms. The summed E-state index contributed by atoms with van der Waals surface area (Å²) in [6.07, 6.45) is 2.38. The Morgan fingerprint density at radius 1 is 1.12 bits per heavy atom. The third-order valence-corrected chi connectivity index (χ3v) is 4.59. The average Bonchev–Trinajstić information content (AvgIpc) is 3.09. The van der Waals surface area contributed by atoms with Crippen LogP contribution in [0.2, 0.25) is 0 Å². The minimum Gasteiger partial charge on any atom is -0.454 e. The second kappa shape index (κ2) is 6.76. The third-order valence-electron chi connectivity index (χ3n) is 3.93. The average molecular weight is 415 g/mol. The number of halogens is 2. The first-order valence-electron chi connectivity index (χ1n) is 7.72. The van der Waals surface area contributed by atoms with Crippen molar-refractivity contribution in [3.8, 4) is 22.6 Å². The number of fused-ring (bicyclic) bond motifs is 1. The van der Waals surface area contributed by atoms with E-state index in [9.17, 15) is 9.18 Å². The summed E-state index contributed by atoms with van der Waals surface area (Å²) < 4.78 is 25.3. The highest BCUT2D eigenvalue weighted by Gasteiger charge is 2.17. The van der Waals surface area contributed by atoms with Crippen LogP contribution >= 0.6 is 15.9 Å². The van der Waals surface area contributed by atoms with Crippen molar-refractivity contribution in [2.45, 2.75) is 0 Å². The molecule has 4 rings (SSSR count). The minimum atomic E-state index is -0.661. The Morgan fingerprint density at radius 3 is 2.58 bits per heavy atom. The van der Waals surface area contributed by atoms with E-state index < -0.39 is 11.7 Å². The summed E-state index contributed by atoms with van der Waals surface area (Å²) in [5, 5.41) is 2.67. The monoisotopic (exact) mass is 414 g/mol. The minimum absolute atomic E-state index is 0.0532. The van der Waals surface area contributed by atoms with Crippen LogP contribution in [-0.4, -0.2) is 17.7 Å². The maximum atomic E-state index is 13.6. The van der Waals surface area contributed by atoms with Gasteiger partial charge >= 0.3 is 0 Å². The van der Waals surface area contributed by atoms with Gasteiger partial charge in [-0.05, 0) is 41.5 Å². The molecule has 0 saturated carbocycles. The number of hydrogen-bond donors (Lipinski definition) is 1. The van der Waals surface area contributed by atoms with Gasteiger partial charge < -0.3 is 14.8 Å². The molecule has 7 heteroatoms. The molecule has 0 aliphatic carbocycles. The van der Waals surface area contributed by atoms with E-state index >= 15 is 0 Å². The summed E-state index contributed by atoms with van der Waals surface area (Å²) in [5.41, 5.74) is 2.38. The number of amides is 1. The maximum Gasteiger partial charge on any atom is 0.258 e. The van der Waals surface area contributed by atoms with E-state index in [0.717, 1.165) is 21.8 Å². The van der Waals surface area contributed by atoms with Crippen molar-refractivity contribution in [1.29, 1.82) is 0 Å². The molecule has 2 heterocycles. The highest BCUT2D eigenvalue weighted by molar-refractivity contribution is 9.10. The lowest BCUT2D eigenvalue weighted by molar-refractivity contribution is 0.102. The largest absolute Gasteiger partial charge is 0.454 e. The number of rotatable bonds is 3. The number of nitrogens with zero attached hydrogens (tertiary/aromatic N) is 1. The summed E-state index contributed by atoms with van der Waals surface area (Å²) in [7, 11) is 0. The van der Waals surface area contributed by atoms with E-state index in [2.05, 4.69) is 26.2 Å². The van der Waals surface area contributed by atoms with E-state index in [0.29, 0.717) is 17.2 Å². The molecule has 0 unspecified atom stereocenters. The quantitative estimate of drug-likeness (QED) is 0.678. The van der Waals surface area contributed by atoms with Crippen molar-refractivity contribution in [3.05, 3.63) is 70.7 Å². The van der Waals surface area contributed by atoms with Crippen LogP contribution in [0.15, 0.2) is 59.3 Å². The molecule has 1 aliphatic rings. The Bertz CT molecular complexity index is 993. The third kappa shape index (κ3) is 3.13. The molecule has 0 atom stereocenters. The molecule has 1 aromatic heterocycles. The van der Waals surface area contributed by atoms with Crippen molar-refractivity contribution in [1.82, 2.24) is 4.98 Å². The number of nitrogens with one attached hydrogen (secondary N) is 1. The first-order valence-corrected chi connectivity index (χ1v) is 8.51. The number of hydrogen-bond acceptors (Lipinski definition) is 4. The van der Waals surface area contributed by atoms with E-state index in [1.807, 2.05) is 24.3 Å². The van der Waals surface area contributed by atoms with Crippen LogP contribution in [0.25, 0.3) is 11.1 Å². The van der Waals surface area contributed by atoms with Crippen molar-refractivity contribution in [3.63, 3.8) is 0 Å². The lowest BCUT2D eigenvalue weighted by Gasteiger charge is -2.09. The summed E-state index contributed by atoms with van der Waals surface area (Å²) in [4.78, 5) is 15.8. The lowest BCUT2D eigenvalue weighted by atomic mass is 10.0. The zero-order valence-corrected chi connectivity index (χ0v) is 14.9. The zero-order valence-electron chi connectivity index (χ0n) is 13.3. The van der Waals surface area contributed by atoms with Gasteiger partial charge in [-0.1, -0.05) is 28.1 Å². The highest BCUT2D eigenvalue weighted by atomic mass is 79.9. The summed E-state index contributed by atoms with van der Waals surface area (Å²) in [5.74, 6) is 0.199. The molecule has 5 nitrogen and oxygen atoms in total. The molecule has 0 fully saturated rings. The van der Waals surface area contributed by atoms with Gasteiger partial charge in [-0.2, -0.15) is 0 Å². The Kier molecular flexibility index (Phi) is 4.30. The first kappa shape index (κ1) is 16.5. The van der Waals surface area contributed by atoms with E-state index in [1.165, 1.54) is 12.3 Å². The predicted octanol–water partition coefficient (Wildman–Crippen LogP) is 4.63. The van der Waals surface area contributed by atoms with Crippen LogP contribution in [0, 0.1) is 5.82 Å². The fourth-order valence-corrected chi connectivity index (χ4v) is 3.18. The van der Waals surface area contributed by atoms with Crippen LogP contribution in [0.4, 0.5) is 10.1 Å². The van der Waals surface area contributed by atoms with Crippen LogP contribution in [0.5, 0.6) is 11.5 Å². The Morgan fingerprint density at radius 2 is 1.85 bits per heavy atom. The van der Waals surface area contributed by atoms with Crippen LogP contribution in [0.3, 0.4) is 0 Å². The molecular weight excluding hydrogens is 403 g/mol. The Hall–Kier alpha value is -2.93. The second-order valence-electron chi connectivity index (χ2n) is 5.57. The number of carbonyl (C=O) groups is 1. The second-order valence-corrected chi connectivity index (χ2v) is 6.43. The topological polar surface area (TPSA) is 60.5 Å². The normalized spacial score (nSPS) is 12.1. The number of carbonyl (C=O) groups excluding carboxylic acids is 1. The first-order chi connectivity index (χ1) is 12.6. The smallest absolute Gasteiger partial charge is 0.258 e. The number of ether oxygens (including phenoxy) is 2. The van der Waals surface area contributed by atoms with Crippen LogP contribution < -0.4 is 14.8 Å².